The first-order chi connectivity index (χ1) is 13.8. The Balaban J connectivity index is 1.29. The fourth-order valence-electron chi connectivity index (χ4n) is 3.90. The van der Waals surface area contributed by atoms with E-state index in [0.29, 0.717) is 5.56 Å². The van der Waals surface area contributed by atoms with Gasteiger partial charge in [0.05, 0.1) is 11.0 Å². The van der Waals surface area contributed by atoms with Crippen molar-refractivity contribution in [3.8, 4) is 0 Å². The molecule has 5 heteroatoms. The number of carbonyl (C=O) groups is 1. The maximum absolute atomic E-state index is 12.7. The second-order valence-electron chi connectivity index (χ2n) is 7.46. The maximum atomic E-state index is 12.7. The number of hydrogen-bond acceptors (Lipinski definition) is 4. The van der Waals surface area contributed by atoms with Gasteiger partial charge in [0.15, 0.2) is 0 Å². The van der Waals surface area contributed by atoms with Crippen molar-refractivity contribution in [3.63, 3.8) is 0 Å². The van der Waals surface area contributed by atoms with E-state index in [1.54, 1.807) is 12.4 Å². The average Bonchev–Trinajstić information content (AvgIpc) is 2.74. The van der Waals surface area contributed by atoms with Crippen LogP contribution in [0.4, 0.5) is 0 Å². The number of benzene rings is 2. The van der Waals surface area contributed by atoms with E-state index in [0.717, 1.165) is 56.4 Å². The molecule has 1 fully saturated rings. The highest BCUT2D eigenvalue weighted by Gasteiger charge is 2.21. The molecular weight excluding hydrogens is 348 g/mol. The summed E-state index contributed by atoms with van der Waals surface area (Å²) < 4.78 is 0. The number of rotatable bonds is 6. The Kier molecular flexibility index (Phi) is 5.92. The lowest BCUT2D eigenvalue weighted by molar-refractivity contribution is 0.0903. The van der Waals surface area contributed by atoms with E-state index < -0.39 is 0 Å². The van der Waals surface area contributed by atoms with Gasteiger partial charge in [-0.3, -0.25) is 14.8 Å². The molecule has 1 N–H and O–H groups in total. The maximum Gasteiger partial charge on any atom is 0.251 e. The van der Waals surface area contributed by atoms with Crippen molar-refractivity contribution in [2.24, 2.45) is 0 Å². The largest absolute Gasteiger partial charge is 0.348 e. The van der Waals surface area contributed by atoms with Crippen LogP contribution in [-0.2, 0) is 6.42 Å². The molecule has 0 radical (unpaired) electrons. The summed E-state index contributed by atoms with van der Waals surface area (Å²) in [4.78, 5) is 23.7. The number of piperidine rings is 1. The summed E-state index contributed by atoms with van der Waals surface area (Å²) in [5.41, 5.74) is 3.60. The molecule has 3 aromatic rings. The smallest absolute Gasteiger partial charge is 0.251 e. The second kappa shape index (κ2) is 8.93. The van der Waals surface area contributed by atoms with Gasteiger partial charge in [-0.1, -0.05) is 30.3 Å². The van der Waals surface area contributed by atoms with Crippen molar-refractivity contribution >= 4 is 16.9 Å². The van der Waals surface area contributed by atoms with E-state index in [1.807, 2.05) is 18.2 Å². The van der Waals surface area contributed by atoms with Crippen LogP contribution in [0.15, 0.2) is 60.9 Å². The molecule has 28 heavy (non-hydrogen) atoms. The van der Waals surface area contributed by atoms with Crippen LogP contribution in [0.25, 0.3) is 11.0 Å². The number of amides is 1. The van der Waals surface area contributed by atoms with E-state index in [2.05, 4.69) is 50.5 Å². The van der Waals surface area contributed by atoms with Crippen LogP contribution in [0.5, 0.6) is 0 Å². The highest BCUT2D eigenvalue weighted by atomic mass is 16.1. The molecule has 0 spiro atoms. The van der Waals surface area contributed by atoms with Crippen molar-refractivity contribution in [1.82, 2.24) is 20.2 Å². The third-order valence-electron chi connectivity index (χ3n) is 5.35. The van der Waals surface area contributed by atoms with Gasteiger partial charge < -0.3 is 10.2 Å². The van der Waals surface area contributed by atoms with E-state index in [4.69, 9.17) is 0 Å². The molecule has 1 saturated heterocycles. The number of hydrogen-bond donors (Lipinski definition) is 1. The van der Waals surface area contributed by atoms with Gasteiger partial charge in [0, 0.05) is 30.5 Å². The van der Waals surface area contributed by atoms with Gasteiger partial charge in [-0.15, -0.1) is 0 Å². The molecule has 0 bridgehead atoms. The van der Waals surface area contributed by atoms with E-state index in [9.17, 15) is 4.79 Å². The fourth-order valence-corrected chi connectivity index (χ4v) is 3.90. The zero-order chi connectivity index (χ0) is 19.2. The van der Waals surface area contributed by atoms with Crippen LogP contribution in [-0.4, -0.2) is 46.5 Å². The minimum absolute atomic E-state index is 0.0244. The Bertz CT molecular complexity index is 928. The first kappa shape index (κ1) is 18.6. The van der Waals surface area contributed by atoms with Crippen molar-refractivity contribution < 1.29 is 4.79 Å². The van der Waals surface area contributed by atoms with Gasteiger partial charge in [-0.25, -0.2) is 0 Å². The summed E-state index contributed by atoms with van der Waals surface area (Å²) in [5.74, 6) is -0.0244. The van der Waals surface area contributed by atoms with Gasteiger partial charge >= 0.3 is 0 Å². The predicted molar refractivity (Wildman–Crippen MR) is 111 cm³/mol. The van der Waals surface area contributed by atoms with Gasteiger partial charge in [-0.05, 0) is 62.5 Å². The molecule has 1 aromatic heterocycles. The first-order valence-electron chi connectivity index (χ1n) is 10.1. The Morgan fingerprint density at radius 1 is 1.07 bits per heavy atom. The van der Waals surface area contributed by atoms with Gasteiger partial charge in [0.1, 0.15) is 0 Å². The van der Waals surface area contributed by atoms with Gasteiger partial charge in [-0.2, -0.15) is 0 Å². The summed E-state index contributed by atoms with van der Waals surface area (Å²) >= 11 is 0. The minimum Gasteiger partial charge on any atom is -0.348 e. The summed E-state index contributed by atoms with van der Waals surface area (Å²) in [5, 5.41) is 3.21. The third-order valence-corrected chi connectivity index (χ3v) is 5.35. The fraction of sp³-hybridized carbons (Fsp3) is 0.348. The van der Waals surface area contributed by atoms with Crippen LogP contribution in [0.3, 0.4) is 0 Å². The molecule has 1 aliphatic heterocycles. The number of aromatic nitrogens is 2. The van der Waals surface area contributed by atoms with Crippen molar-refractivity contribution in [1.29, 1.82) is 0 Å². The van der Waals surface area contributed by atoms with Crippen molar-refractivity contribution in [2.45, 2.75) is 31.7 Å². The Morgan fingerprint density at radius 3 is 2.75 bits per heavy atom. The Morgan fingerprint density at radius 2 is 1.89 bits per heavy atom. The molecule has 4 rings (SSSR count). The van der Waals surface area contributed by atoms with Gasteiger partial charge in [0.2, 0.25) is 0 Å². The van der Waals surface area contributed by atoms with Crippen LogP contribution >= 0.6 is 0 Å². The van der Waals surface area contributed by atoms with Crippen molar-refractivity contribution in [3.05, 3.63) is 72.1 Å². The third kappa shape index (κ3) is 4.73. The highest BCUT2D eigenvalue weighted by Crippen LogP contribution is 2.14. The minimum atomic E-state index is -0.0244. The van der Waals surface area contributed by atoms with Crippen LogP contribution < -0.4 is 5.32 Å². The molecule has 1 atom stereocenters. The number of nitrogens with one attached hydrogen (secondary N) is 1. The number of aryl methyl sites for hydroxylation is 1. The number of likely N-dealkylation sites (tertiary alicyclic amines) is 1. The Hall–Kier alpha value is -2.79. The highest BCUT2D eigenvalue weighted by molar-refractivity contribution is 5.97. The molecular formula is C23H26N4O. The topological polar surface area (TPSA) is 58.1 Å². The first-order valence-corrected chi connectivity index (χ1v) is 10.1. The number of carbonyl (C=O) groups excluding carboxylic acids is 1. The van der Waals surface area contributed by atoms with E-state index in [1.165, 1.54) is 5.56 Å². The monoisotopic (exact) mass is 374 g/mol. The molecule has 2 aromatic carbocycles. The molecule has 5 nitrogen and oxygen atoms in total. The molecule has 0 aliphatic carbocycles. The lowest BCUT2D eigenvalue weighted by Gasteiger charge is -2.33. The van der Waals surface area contributed by atoms with Gasteiger partial charge in [0.25, 0.3) is 5.91 Å². The predicted octanol–water partition coefficient (Wildman–Crippen LogP) is 3.46. The van der Waals surface area contributed by atoms with E-state index >= 15 is 0 Å². The lowest BCUT2D eigenvalue weighted by Crippen LogP contribution is -2.47. The Labute approximate surface area is 165 Å². The molecule has 1 amide bonds. The quantitative estimate of drug-likeness (QED) is 0.718. The lowest BCUT2D eigenvalue weighted by atomic mass is 10.0. The standard InChI is InChI=1S/C23H26N4O/c28-23(19-10-11-21-22(16-19)25-13-12-24-21)26-20-9-5-15-27(17-20)14-4-8-18-6-2-1-3-7-18/h1-3,6-7,10-13,16,20H,4-5,8-9,14-15,17H2,(H,26,28)/t20-/m0/s1. The van der Waals surface area contributed by atoms with E-state index in [-0.39, 0.29) is 11.9 Å². The summed E-state index contributed by atoms with van der Waals surface area (Å²) in [7, 11) is 0. The normalized spacial score (nSPS) is 17.5. The van der Waals surface area contributed by atoms with Crippen molar-refractivity contribution in [2.75, 3.05) is 19.6 Å². The second-order valence-corrected chi connectivity index (χ2v) is 7.46. The zero-order valence-electron chi connectivity index (χ0n) is 16.1. The number of fused-ring (bicyclic) bond motifs is 1. The SMILES string of the molecule is O=C(N[C@H]1CCCN(CCCc2ccccc2)C1)c1ccc2nccnc2c1. The summed E-state index contributed by atoms with van der Waals surface area (Å²) in [6, 6.07) is 16.3. The molecule has 1 aliphatic rings. The summed E-state index contributed by atoms with van der Waals surface area (Å²) in [6.07, 6.45) is 7.73. The molecule has 2 heterocycles. The zero-order valence-corrected chi connectivity index (χ0v) is 16.1. The average molecular weight is 374 g/mol. The van der Waals surface area contributed by atoms with Crippen LogP contribution in [0.2, 0.25) is 0 Å². The van der Waals surface area contributed by atoms with Crippen LogP contribution in [0, 0.1) is 0 Å². The molecule has 0 saturated carbocycles. The summed E-state index contributed by atoms with van der Waals surface area (Å²) in [6.45, 7) is 3.12. The number of nitrogens with zero attached hydrogens (tertiary/aromatic N) is 3. The molecule has 144 valence electrons. The molecule has 0 unspecified atom stereocenters. The van der Waals surface area contributed by atoms with Crippen LogP contribution in [0.1, 0.15) is 35.2 Å².